The Labute approximate surface area is 234 Å². The summed E-state index contributed by atoms with van der Waals surface area (Å²) < 4.78 is 9.42. The smallest absolute Gasteiger partial charge is 0.410 e. The molecule has 0 radical (unpaired) electrons. The third-order valence-electron chi connectivity index (χ3n) is 7.27. The number of amides is 1. The van der Waals surface area contributed by atoms with Gasteiger partial charge in [0.25, 0.3) is 0 Å². The molecule has 9 nitrogen and oxygen atoms in total. The SMILES string of the molecule is Cc1cccc2c(-c3cccc4nn(C)cc34)nn(-c3ccc(N4CCCN(C(=O)OC(C)(C)C)CC4)nc3)c12. The molecule has 3 aromatic heterocycles. The molecule has 40 heavy (non-hydrogen) atoms. The largest absolute Gasteiger partial charge is 0.444 e. The number of ether oxygens (including phenoxy) is 1. The molecule has 0 unspecified atom stereocenters. The van der Waals surface area contributed by atoms with E-state index >= 15 is 0 Å². The lowest BCUT2D eigenvalue weighted by atomic mass is 10.0. The topological polar surface area (TPSA) is 81.3 Å². The average molecular weight is 538 g/mol. The van der Waals surface area contributed by atoms with Gasteiger partial charge in [-0.2, -0.15) is 10.2 Å². The summed E-state index contributed by atoms with van der Waals surface area (Å²) in [7, 11) is 1.94. The van der Waals surface area contributed by atoms with Crippen LogP contribution in [0.5, 0.6) is 0 Å². The number of carbonyl (C=O) groups is 1. The zero-order chi connectivity index (χ0) is 28.0. The van der Waals surface area contributed by atoms with Crippen molar-refractivity contribution >= 4 is 33.7 Å². The number of pyridine rings is 1. The van der Waals surface area contributed by atoms with Crippen molar-refractivity contribution in [1.29, 1.82) is 0 Å². The van der Waals surface area contributed by atoms with Crippen molar-refractivity contribution in [3.8, 4) is 16.9 Å². The van der Waals surface area contributed by atoms with Crippen LogP contribution < -0.4 is 4.90 Å². The Kier molecular flexibility index (Phi) is 6.44. The van der Waals surface area contributed by atoms with Crippen LogP contribution in [0.2, 0.25) is 0 Å². The zero-order valence-corrected chi connectivity index (χ0v) is 23.8. The van der Waals surface area contributed by atoms with Crippen LogP contribution in [-0.4, -0.2) is 67.3 Å². The minimum atomic E-state index is -0.500. The number of anilines is 1. The van der Waals surface area contributed by atoms with Crippen LogP contribution in [0, 0.1) is 6.92 Å². The highest BCUT2D eigenvalue weighted by Gasteiger charge is 2.25. The monoisotopic (exact) mass is 537 g/mol. The van der Waals surface area contributed by atoms with Crippen LogP contribution >= 0.6 is 0 Å². The molecule has 0 saturated carbocycles. The molecule has 206 valence electrons. The molecule has 0 atom stereocenters. The van der Waals surface area contributed by atoms with Crippen LogP contribution in [0.3, 0.4) is 0 Å². The second-order valence-corrected chi connectivity index (χ2v) is 11.5. The molecular weight excluding hydrogens is 502 g/mol. The van der Waals surface area contributed by atoms with Gasteiger partial charge in [0, 0.05) is 55.8 Å². The predicted octanol–water partition coefficient (Wildman–Crippen LogP) is 5.73. The molecule has 0 aliphatic carbocycles. The summed E-state index contributed by atoms with van der Waals surface area (Å²) in [6.07, 6.45) is 4.54. The second kappa shape index (κ2) is 9.97. The number of aromatic nitrogens is 5. The lowest BCUT2D eigenvalue weighted by molar-refractivity contribution is 0.0263. The van der Waals surface area contributed by atoms with E-state index in [9.17, 15) is 4.79 Å². The van der Waals surface area contributed by atoms with Crippen molar-refractivity contribution in [2.24, 2.45) is 7.05 Å². The standard InChI is InChI=1S/C31H35N7O2/c1-21-9-6-11-24-28(23-10-7-12-26-25(23)20-35(5)33-26)34-38(29(21)24)22-13-14-27(32-19-22)36-15-8-16-37(18-17-36)30(39)40-31(2,3)4/h6-7,9-14,19-20H,8,15-18H2,1-5H3. The number of benzene rings is 2. The Hall–Kier alpha value is -4.40. The third kappa shape index (κ3) is 4.87. The van der Waals surface area contributed by atoms with Crippen LogP contribution in [0.4, 0.5) is 10.6 Å². The normalized spacial score (nSPS) is 14.6. The van der Waals surface area contributed by atoms with Crippen LogP contribution in [0.25, 0.3) is 38.8 Å². The maximum atomic E-state index is 12.6. The van der Waals surface area contributed by atoms with Crippen molar-refractivity contribution in [2.75, 3.05) is 31.1 Å². The third-order valence-corrected chi connectivity index (χ3v) is 7.27. The first-order chi connectivity index (χ1) is 19.2. The molecule has 2 aromatic carbocycles. The highest BCUT2D eigenvalue weighted by Crippen LogP contribution is 2.35. The summed E-state index contributed by atoms with van der Waals surface area (Å²) >= 11 is 0. The van der Waals surface area contributed by atoms with E-state index in [1.54, 1.807) is 4.90 Å². The summed E-state index contributed by atoms with van der Waals surface area (Å²) in [4.78, 5) is 21.4. The minimum Gasteiger partial charge on any atom is -0.444 e. The van der Waals surface area contributed by atoms with Gasteiger partial charge >= 0.3 is 6.09 Å². The summed E-state index contributed by atoms with van der Waals surface area (Å²) in [6.45, 7) is 10.6. The van der Waals surface area contributed by atoms with E-state index in [1.165, 1.54) is 0 Å². The van der Waals surface area contributed by atoms with Crippen LogP contribution in [-0.2, 0) is 11.8 Å². The lowest BCUT2D eigenvalue weighted by Gasteiger charge is -2.26. The lowest BCUT2D eigenvalue weighted by Crippen LogP contribution is -2.39. The quantitative estimate of drug-likeness (QED) is 0.292. The zero-order valence-electron chi connectivity index (χ0n) is 23.8. The van der Waals surface area contributed by atoms with Gasteiger partial charge in [0.15, 0.2) is 0 Å². The molecule has 1 saturated heterocycles. The van der Waals surface area contributed by atoms with Crippen molar-refractivity contribution < 1.29 is 9.53 Å². The Morgan fingerprint density at radius 3 is 2.52 bits per heavy atom. The Balaban J connectivity index is 1.30. The Morgan fingerprint density at radius 1 is 0.925 bits per heavy atom. The highest BCUT2D eigenvalue weighted by molar-refractivity contribution is 6.03. The first-order valence-corrected chi connectivity index (χ1v) is 13.8. The number of hydrogen-bond donors (Lipinski definition) is 0. The van der Waals surface area contributed by atoms with Gasteiger partial charge in [-0.1, -0.05) is 30.3 Å². The number of aryl methyl sites for hydroxylation is 2. The fourth-order valence-corrected chi connectivity index (χ4v) is 5.44. The van der Waals surface area contributed by atoms with E-state index < -0.39 is 5.60 Å². The first kappa shape index (κ1) is 25.9. The summed E-state index contributed by atoms with van der Waals surface area (Å²) in [6, 6.07) is 16.6. The fourth-order valence-electron chi connectivity index (χ4n) is 5.44. The van der Waals surface area contributed by atoms with Gasteiger partial charge in [0.2, 0.25) is 0 Å². The van der Waals surface area contributed by atoms with Crippen LogP contribution in [0.15, 0.2) is 60.9 Å². The molecule has 0 bridgehead atoms. The molecular formula is C31H35N7O2. The van der Waals surface area contributed by atoms with Gasteiger partial charge < -0.3 is 14.5 Å². The van der Waals surface area contributed by atoms with E-state index in [-0.39, 0.29) is 6.09 Å². The van der Waals surface area contributed by atoms with Gasteiger partial charge in [0.1, 0.15) is 17.1 Å². The fraction of sp³-hybridized carbons (Fsp3) is 0.355. The van der Waals surface area contributed by atoms with E-state index in [0.717, 1.165) is 63.1 Å². The van der Waals surface area contributed by atoms with Gasteiger partial charge in [0.05, 0.1) is 22.9 Å². The van der Waals surface area contributed by atoms with Crippen molar-refractivity contribution in [3.05, 3.63) is 66.5 Å². The number of rotatable bonds is 3. The van der Waals surface area contributed by atoms with Crippen molar-refractivity contribution in [1.82, 2.24) is 29.4 Å². The molecule has 1 aliphatic rings. The summed E-state index contributed by atoms with van der Waals surface area (Å²) in [5, 5.41) is 11.9. The number of fused-ring (bicyclic) bond motifs is 2. The highest BCUT2D eigenvalue weighted by atomic mass is 16.6. The van der Waals surface area contributed by atoms with Crippen molar-refractivity contribution in [2.45, 2.75) is 39.7 Å². The molecule has 1 aliphatic heterocycles. The maximum absolute atomic E-state index is 12.6. The minimum absolute atomic E-state index is 0.253. The average Bonchev–Trinajstić information content (AvgIpc) is 3.39. The van der Waals surface area contributed by atoms with E-state index in [1.807, 2.05) is 67.8 Å². The first-order valence-electron chi connectivity index (χ1n) is 13.8. The number of nitrogens with zero attached hydrogens (tertiary/aromatic N) is 7. The van der Waals surface area contributed by atoms with Gasteiger partial charge in [-0.05, 0) is 57.9 Å². The molecule has 5 aromatic rings. The van der Waals surface area contributed by atoms with E-state index in [2.05, 4.69) is 47.3 Å². The number of carbonyl (C=O) groups excluding carboxylic acids is 1. The van der Waals surface area contributed by atoms with E-state index in [4.69, 9.17) is 14.8 Å². The molecule has 0 spiro atoms. The molecule has 0 N–H and O–H groups in total. The molecule has 9 heteroatoms. The Morgan fingerprint density at radius 2 is 1.75 bits per heavy atom. The van der Waals surface area contributed by atoms with Gasteiger partial charge in [-0.25, -0.2) is 14.5 Å². The molecule has 6 rings (SSSR count). The molecule has 1 amide bonds. The van der Waals surface area contributed by atoms with Gasteiger partial charge in [-0.3, -0.25) is 4.68 Å². The molecule has 1 fully saturated rings. The molecule has 4 heterocycles. The maximum Gasteiger partial charge on any atom is 0.410 e. The predicted molar refractivity (Wildman–Crippen MR) is 158 cm³/mol. The van der Waals surface area contributed by atoms with Crippen LogP contribution in [0.1, 0.15) is 32.8 Å². The second-order valence-electron chi connectivity index (χ2n) is 11.5. The van der Waals surface area contributed by atoms with Gasteiger partial charge in [-0.15, -0.1) is 0 Å². The van der Waals surface area contributed by atoms with Crippen molar-refractivity contribution in [3.63, 3.8) is 0 Å². The number of para-hydroxylation sites is 1. The summed E-state index contributed by atoms with van der Waals surface area (Å²) in [5.41, 5.74) is 5.55. The van der Waals surface area contributed by atoms with E-state index in [0.29, 0.717) is 19.6 Å². The summed E-state index contributed by atoms with van der Waals surface area (Å²) in [5.74, 6) is 0.892. The number of hydrogen-bond acceptors (Lipinski definition) is 6. The Bertz CT molecular complexity index is 1700.